The molecule has 0 saturated carbocycles. The monoisotopic (exact) mass is 278 g/mol. The number of hydrogen-bond donors (Lipinski definition) is 2. The van der Waals surface area contributed by atoms with Crippen molar-refractivity contribution >= 4 is 5.69 Å². The summed E-state index contributed by atoms with van der Waals surface area (Å²) in [5.41, 5.74) is 2.11. The quantitative estimate of drug-likeness (QED) is 0.869. The zero-order valence-electron chi connectivity index (χ0n) is 12.8. The van der Waals surface area contributed by atoms with Gasteiger partial charge in [-0.15, -0.1) is 0 Å². The van der Waals surface area contributed by atoms with Crippen LogP contribution in [0.15, 0.2) is 18.2 Å². The van der Waals surface area contributed by atoms with Crippen molar-refractivity contribution < 1.29 is 9.84 Å². The second-order valence-corrected chi connectivity index (χ2v) is 5.72. The Kier molecular flexibility index (Phi) is 4.89. The van der Waals surface area contributed by atoms with E-state index in [0.29, 0.717) is 6.54 Å². The molecule has 0 aromatic heterocycles. The van der Waals surface area contributed by atoms with Crippen LogP contribution in [0.25, 0.3) is 0 Å². The van der Waals surface area contributed by atoms with Crippen LogP contribution >= 0.6 is 0 Å². The number of nitrogens with one attached hydrogen (secondary N) is 1. The van der Waals surface area contributed by atoms with Gasteiger partial charge in [-0.25, -0.2) is 0 Å². The molecule has 0 aliphatic carbocycles. The lowest BCUT2D eigenvalue weighted by Gasteiger charge is -2.46. The standard InChI is InChI=1S/C16H26N2O2/c1-13-7-6-8-14(20-3)15(13)17-16(2)9-4-5-10-18(16)11-12-19/h6-8,17,19H,4-5,9-12H2,1-3H3. The number of hydrogen-bond acceptors (Lipinski definition) is 4. The number of para-hydroxylation sites is 1. The number of benzene rings is 1. The summed E-state index contributed by atoms with van der Waals surface area (Å²) >= 11 is 0. The Labute approximate surface area is 121 Å². The smallest absolute Gasteiger partial charge is 0.142 e. The number of β-amino-alcohol motifs (C(OH)–C–C–N with tert-alkyl or cyclic N) is 1. The Bertz CT molecular complexity index is 448. The summed E-state index contributed by atoms with van der Waals surface area (Å²) in [5, 5.41) is 12.9. The van der Waals surface area contributed by atoms with E-state index in [-0.39, 0.29) is 12.3 Å². The van der Waals surface area contributed by atoms with Crippen molar-refractivity contribution in [2.24, 2.45) is 0 Å². The molecule has 0 radical (unpaired) electrons. The second-order valence-electron chi connectivity index (χ2n) is 5.72. The van der Waals surface area contributed by atoms with Gasteiger partial charge in [-0.2, -0.15) is 0 Å². The van der Waals surface area contributed by atoms with Crippen LogP contribution in [0.5, 0.6) is 5.75 Å². The molecule has 1 aliphatic heterocycles. The molecule has 0 amide bonds. The Morgan fingerprint density at radius 1 is 1.40 bits per heavy atom. The minimum absolute atomic E-state index is 0.125. The van der Waals surface area contributed by atoms with Gasteiger partial charge in [0.05, 0.1) is 25.1 Å². The summed E-state index contributed by atoms with van der Waals surface area (Å²) in [6.07, 6.45) is 3.48. The van der Waals surface area contributed by atoms with Crippen LogP contribution in [0, 0.1) is 6.92 Å². The van der Waals surface area contributed by atoms with Gasteiger partial charge < -0.3 is 15.2 Å². The van der Waals surface area contributed by atoms with Gasteiger partial charge in [-0.05, 0) is 44.7 Å². The number of methoxy groups -OCH3 is 1. The number of aliphatic hydroxyl groups excluding tert-OH is 1. The summed E-state index contributed by atoms with van der Waals surface area (Å²) in [6, 6.07) is 6.08. The molecule has 1 aromatic rings. The van der Waals surface area contributed by atoms with Crippen LogP contribution in [0.1, 0.15) is 31.7 Å². The van der Waals surface area contributed by atoms with Crippen LogP contribution in [0.4, 0.5) is 5.69 Å². The number of rotatable bonds is 5. The Morgan fingerprint density at radius 3 is 2.90 bits per heavy atom. The van der Waals surface area contributed by atoms with E-state index < -0.39 is 0 Å². The van der Waals surface area contributed by atoms with Gasteiger partial charge in [0, 0.05) is 13.1 Å². The fourth-order valence-electron chi connectivity index (χ4n) is 3.04. The topological polar surface area (TPSA) is 44.7 Å². The van der Waals surface area contributed by atoms with Gasteiger partial charge in [0.25, 0.3) is 0 Å². The van der Waals surface area contributed by atoms with Gasteiger partial charge in [0.15, 0.2) is 0 Å². The van der Waals surface area contributed by atoms with Gasteiger partial charge in [0.1, 0.15) is 5.75 Å². The maximum absolute atomic E-state index is 9.28. The van der Waals surface area contributed by atoms with Crippen LogP contribution in [0.3, 0.4) is 0 Å². The molecule has 1 fully saturated rings. The lowest BCUT2D eigenvalue weighted by molar-refractivity contribution is 0.0647. The maximum atomic E-state index is 9.28. The molecule has 20 heavy (non-hydrogen) atoms. The molecule has 4 heteroatoms. The lowest BCUT2D eigenvalue weighted by atomic mass is 9.95. The molecule has 4 nitrogen and oxygen atoms in total. The minimum Gasteiger partial charge on any atom is -0.495 e. The molecule has 0 bridgehead atoms. The zero-order chi connectivity index (χ0) is 14.6. The van der Waals surface area contributed by atoms with Crippen LogP contribution in [-0.4, -0.2) is 42.5 Å². The van der Waals surface area contributed by atoms with E-state index in [1.807, 2.05) is 12.1 Å². The van der Waals surface area contributed by atoms with Crippen molar-refractivity contribution in [3.63, 3.8) is 0 Å². The molecule has 1 heterocycles. The maximum Gasteiger partial charge on any atom is 0.142 e. The number of anilines is 1. The predicted octanol–water partition coefficient (Wildman–Crippen LogP) is 2.61. The fourth-order valence-corrected chi connectivity index (χ4v) is 3.04. The molecular weight excluding hydrogens is 252 g/mol. The molecule has 1 unspecified atom stereocenters. The normalized spacial score (nSPS) is 23.6. The first-order chi connectivity index (χ1) is 9.60. The first-order valence-electron chi connectivity index (χ1n) is 7.38. The second kappa shape index (κ2) is 6.46. The lowest BCUT2D eigenvalue weighted by Crippen LogP contribution is -2.55. The highest BCUT2D eigenvalue weighted by atomic mass is 16.5. The predicted molar refractivity (Wildman–Crippen MR) is 82.3 cm³/mol. The van der Waals surface area contributed by atoms with Crippen LogP contribution < -0.4 is 10.1 Å². The van der Waals surface area contributed by atoms with Crippen molar-refractivity contribution in [2.75, 3.05) is 32.1 Å². The Hall–Kier alpha value is -1.26. The number of likely N-dealkylation sites (tertiary alicyclic amines) is 1. The van der Waals surface area contributed by atoms with Gasteiger partial charge in [0.2, 0.25) is 0 Å². The number of nitrogens with zero attached hydrogens (tertiary/aromatic N) is 1. The largest absolute Gasteiger partial charge is 0.495 e. The summed E-state index contributed by atoms with van der Waals surface area (Å²) in [4.78, 5) is 2.34. The number of aliphatic hydroxyl groups is 1. The van der Waals surface area contributed by atoms with E-state index in [9.17, 15) is 5.11 Å². The summed E-state index contributed by atoms with van der Waals surface area (Å²) < 4.78 is 5.48. The van der Waals surface area contributed by atoms with E-state index in [0.717, 1.165) is 24.4 Å². The van der Waals surface area contributed by atoms with Gasteiger partial charge in [-0.3, -0.25) is 4.90 Å². The van der Waals surface area contributed by atoms with Crippen molar-refractivity contribution in [3.8, 4) is 5.75 Å². The van der Waals surface area contributed by atoms with Crippen molar-refractivity contribution in [1.29, 1.82) is 0 Å². The molecule has 112 valence electrons. The van der Waals surface area contributed by atoms with Crippen LogP contribution in [-0.2, 0) is 0 Å². The average molecular weight is 278 g/mol. The highest BCUT2D eigenvalue weighted by molar-refractivity contribution is 5.62. The fraction of sp³-hybridized carbons (Fsp3) is 0.625. The van der Waals surface area contributed by atoms with Gasteiger partial charge >= 0.3 is 0 Å². The van der Waals surface area contributed by atoms with E-state index in [1.165, 1.54) is 18.4 Å². The average Bonchev–Trinajstić information content (AvgIpc) is 2.44. The number of aryl methyl sites for hydroxylation is 1. The zero-order valence-corrected chi connectivity index (χ0v) is 12.8. The third-order valence-corrected chi connectivity index (χ3v) is 4.26. The summed E-state index contributed by atoms with van der Waals surface area (Å²) in [7, 11) is 1.70. The number of ether oxygens (including phenoxy) is 1. The van der Waals surface area contributed by atoms with Gasteiger partial charge in [-0.1, -0.05) is 12.1 Å². The first-order valence-corrected chi connectivity index (χ1v) is 7.38. The van der Waals surface area contributed by atoms with Crippen molar-refractivity contribution in [1.82, 2.24) is 4.90 Å². The van der Waals surface area contributed by atoms with E-state index in [2.05, 4.69) is 30.1 Å². The molecule has 1 aromatic carbocycles. The summed E-state index contributed by atoms with van der Waals surface area (Å²) in [6.45, 7) is 6.24. The Balaban J connectivity index is 2.26. The molecule has 2 N–H and O–H groups in total. The SMILES string of the molecule is COc1cccc(C)c1NC1(C)CCCCN1CCO. The summed E-state index contributed by atoms with van der Waals surface area (Å²) in [5.74, 6) is 0.876. The molecule has 2 rings (SSSR count). The molecular formula is C16H26N2O2. The van der Waals surface area contributed by atoms with Crippen LogP contribution in [0.2, 0.25) is 0 Å². The Morgan fingerprint density at radius 2 is 2.20 bits per heavy atom. The third-order valence-electron chi connectivity index (χ3n) is 4.26. The molecule has 0 spiro atoms. The van der Waals surface area contributed by atoms with E-state index in [1.54, 1.807) is 7.11 Å². The third kappa shape index (κ3) is 3.07. The van der Waals surface area contributed by atoms with Crippen molar-refractivity contribution in [3.05, 3.63) is 23.8 Å². The number of piperidine rings is 1. The highest BCUT2D eigenvalue weighted by Gasteiger charge is 2.34. The first kappa shape index (κ1) is 15.1. The van der Waals surface area contributed by atoms with Crippen molar-refractivity contribution in [2.45, 2.75) is 38.8 Å². The molecule has 1 aliphatic rings. The van der Waals surface area contributed by atoms with E-state index >= 15 is 0 Å². The molecule has 1 atom stereocenters. The molecule has 1 saturated heterocycles. The van der Waals surface area contributed by atoms with E-state index in [4.69, 9.17) is 4.74 Å². The minimum atomic E-state index is -0.125. The highest BCUT2D eigenvalue weighted by Crippen LogP contribution is 2.35.